The molecule has 0 aliphatic heterocycles. The first-order valence-electron chi connectivity index (χ1n) is 9.40. The van der Waals surface area contributed by atoms with E-state index in [1.807, 2.05) is 73.7 Å². The van der Waals surface area contributed by atoms with Crippen LogP contribution in [-0.4, -0.2) is 15.9 Å². The third kappa shape index (κ3) is 5.25. The summed E-state index contributed by atoms with van der Waals surface area (Å²) in [6.07, 6.45) is 1.65. The molecule has 0 aliphatic carbocycles. The molecule has 4 aromatic rings. The summed E-state index contributed by atoms with van der Waals surface area (Å²) in [5.74, 6) is 1.29. The van der Waals surface area contributed by atoms with Crippen LogP contribution in [0.5, 0.6) is 0 Å². The molecule has 1 amide bonds. The van der Waals surface area contributed by atoms with E-state index in [2.05, 4.69) is 26.0 Å². The van der Waals surface area contributed by atoms with Gasteiger partial charge in [0, 0.05) is 21.7 Å². The molecule has 5 nitrogen and oxygen atoms in total. The van der Waals surface area contributed by atoms with Gasteiger partial charge in [-0.05, 0) is 43.3 Å². The second-order valence-electron chi connectivity index (χ2n) is 6.52. The van der Waals surface area contributed by atoms with E-state index >= 15 is 0 Å². The number of benzene rings is 2. The molecule has 2 heterocycles. The highest BCUT2D eigenvalue weighted by Gasteiger charge is 2.12. The van der Waals surface area contributed by atoms with Gasteiger partial charge in [-0.2, -0.15) is 0 Å². The molecular weight excluding hydrogens is 412 g/mol. The first-order chi connectivity index (χ1) is 14.7. The van der Waals surface area contributed by atoms with E-state index in [4.69, 9.17) is 0 Å². The lowest BCUT2D eigenvalue weighted by Crippen LogP contribution is -2.13. The summed E-state index contributed by atoms with van der Waals surface area (Å²) in [7, 11) is 0. The van der Waals surface area contributed by atoms with Crippen LogP contribution in [0.1, 0.15) is 21.1 Å². The lowest BCUT2D eigenvalue weighted by molar-refractivity contribution is 0.102. The number of thioether (sulfide) groups is 1. The quantitative estimate of drug-likeness (QED) is 0.344. The number of amides is 1. The number of pyridine rings is 1. The van der Waals surface area contributed by atoms with Crippen molar-refractivity contribution in [3.8, 4) is 0 Å². The maximum absolute atomic E-state index is 12.8. The molecule has 0 fully saturated rings. The van der Waals surface area contributed by atoms with Gasteiger partial charge < -0.3 is 10.6 Å². The van der Waals surface area contributed by atoms with Crippen LogP contribution in [0.15, 0.2) is 83.2 Å². The van der Waals surface area contributed by atoms with Crippen molar-refractivity contribution in [1.82, 2.24) is 9.97 Å². The number of carbonyl (C=O) groups excluding carboxylic acids is 1. The maximum Gasteiger partial charge on any atom is 0.256 e. The third-order valence-corrected chi connectivity index (χ3v) is 6.17. The lowest BCUT2D eigenvalue weighted by atomic mass is 10.2. The standard InChI is InChI=1S/C23H20N4OS2/c1-16-25-19(14-29-16)15-30-21-10-6-5-9-20(21)23(28)27-18-11-12-22(24-13-18)26-17-7-3-2-4-8-17/h2-14H,15H2,1H3,(H,24,26)(H,27,28). The van der Waals surface area contributed by atoms with Gasteiger partial charge in [-0.1, -0.05) is 30.3 Å². The summed E-state index contributed by atoms with van der Waals surface area (Å²) >= 11 is 3.25. The Balaban J connectivity index is 1.41. The van der Waals surface area contributed by atoms with Crippen LogP contribution < -0.4 is 10.6 Å². The molecule has 0 spiro atoms. The van der Waals surface area contributed by atoms with E-state index in [9.17, 15) is 4.79 Å². The number of aromatic nitrogens is 2. The van der Waals surface area contributed by atoms with Crippen LogP contribution in [0, 0.1) is 6.92 Å². The Morgan fingerprint density at radius 2 is 1.80 bits per heavy atom. The number of anilines is 3. The van der Waals surface area contributed by atoms with Crippen LogP contribution >= 0.6 is 23.1 Å². The Morgan fingerprint density at radius 1 is 1.00 bits per heavy atom. The second-order valence-corrected chi connectivity index (χ2v) is 8.60. The number of carbonyl (C=O) groups is 1. The van der Waals surface area contributed by atoms with Crippen molar-refractivity contribution < 1.29 is 4.79 Å². The van der Waals surface area contributed by atoms with E-state index in [1.165, 1.54) is 0 Å². The summed E-state index contributed by atoms with van der Waals surface area (Å²) in [6, 6.07) is 21.1. The van der Waals surface area contributed by atoms with Gasteiger partial charge in [0.15, 0.2) is 0 Å². The predicted octanol–water partition coefficient (Wildman–Crippen LogP) is 6.13. The van der Waals surface area contributed by atoms with Crippen molar-refractivity contribution in [2.75, 3.05) is 10.6 Å². The number of nitrogens with one attached hydrogen (secondary N) is 2. The summed E-state index contributed by atoms with van der Waals surface area (Å²) in [5.41, 5.74) is 3.28. The van der Waals surface area contributed by atoms with E-state index in [0.29, 0.717) is 17.1 Å². The largest absolute Gasteiger partial charge is 0.340 e. The van der Waals surface area contributed by atoms with Crippen molar-refractivity contribution in [1.29, 1.82) is 0 Å². The van der Waals surface area contributed by atoms with E-state index < -0.39 is 0 Å². The summed E-state index contributed by atoms with van der Waals surface area (Å²) < 4.78 is 0. The van der Waals surface area contributed by atoms with E-state index in [0.717, 1.165) is 27.0 Å². The zero-order chi connectivity index (χ0) is 20.8. The highest BCUT2D eigenvalue weighted by atomic mass is 32.2. The van der Waals surface area contributed by atoms with Gasteiger partial charge in [-0.3, -0.25) is 4.79 Å². The number of thiazole rings is 1. The average Bonchev–Trinajstić information content (AvgIpc) is 3.20. The van der Waals surface area contributed by atoms with Crippen LogP contribution in [0.3, 0.4) is 0 Å². The number of para-hydroxylation sites is 1. The third-order valence-electron chi connectivity index (χ3n) is 4.24. The first kappa shape index (κ1) is 20.1. The molecule has 0 saturated carbocycles. The molecule has 4 rings (SSSR count). The Hall–Kier alpha value is -3.16. The molecule has 0 atom stereocenters. The van der Waals surface area contributed by atoms with Crippen LogP contribution in [0.2, 0.25) is 0 Å². The molecule has 2 N–H and O–H groups in total. The Labute approximate surface area is 183 Å². The number of hydrogen-bond acceptors (Lipinski definition) is 6. The van der Waals surface area contributed by atoms with E-state index in [-0.39, 0.29) is 5.91 Å². The SMILES string of the molecule is Cc1nc(CSc2ccccc2C(=O)Nc2ccc(Nc3ccccc3)nc2)cs1. The molecule has 30 heavy (non-hydrogen) atoms. The highest BCUT2D eigenvalue weighted by molar-refractivity contribution is 7.98. The summed E-state index contributed by atoms with van der Waals surface area (Å²) in [6.45, 7) is 1.99. The first-order valence-corrected chi connectivity index (χ1v) is 11.3. The molecule has 0 radical (unpaired) electrons. The monoisotopic (exact) mass is 432 g/mol. The normalized spacial score (nSPS) is 10.6. The number of aryl methyl sites for hydroxylation is 1. The summed E-state index contributed by atoms with van der Waals surface area (Å²) in [5, 5.41) is 9.27. The maximum atomic E-state index is 12.8. The fourth-order valence-corrected chi connectivity index (χ4v) is 4.48. The van der Waals surface area contributed by atoms with Gasteiger partial charge >= 0.3 is 0 Å². The molecular formula is C23H20N4OS2. The fourth-order valence-electron chi connectivity index (χ4n) is 2.82. The topological polar surface area (TPSA) is 66.9 Å². The smallest absolute Gasteiger partial charge is 0.256 e. The Bertz CT molecular complexity index is 1130. The van der Waals surface area contributed by atoms with Crippen molar-refractivity contribution in [2.24, 2.45) is 0 Å². The fraction of sp³-hybridized carbons (Fsp3) is 0.0870. The molecule has 0 bridgehead atoms. The minimum atomic E-state index is -0.155. The molecule has 2 aromatic heterocycles. The van der Waals surface area contributed by atoms with Gasteiger partial charge in [0.2, 0.25) is 0 Å². The van der Waals surface area contributed by atoms with Crippen molar-refractivity contribution in [3.63, 3.8) is 0 Å². The summed E-state index contributed by atoms with van der Waals surface area (Å²) in [4.78, 5) is 22.6. The molecule has 0 saturated heterocycles. The van der Waals surface area contributed by atoms with E-state index in [1.54, 1.807) is 29.3 Å². The van der Waals surface area contributed by atoms with Gasteiger partial charge in [-0.15, -0.1) is 23.1 Å². The highest BCUT2D eigenvalue weighted by Crippen LogP contribution is 2.27. The average molecular weight is 433 g/mol. The minimum absolute atomic E-state index is 0.155. The lowest BCUT2D eigenvalue weighted by Gasteiger charge is -2.10. The zero-order valence-electron chi connectivity index (χ0n) is 16.3. The van der Waals surface area contributed by atoms with Crippen molar-refractivity contribution in [3.05, 3.63) is 94.6 Å². The molecule has 0 aliphatic rings. The Morgan fingerprint density at radius 3 is 2.53 bits per heavy atom. The van der Waals surface area contributed by atoms with Crippen LogP contribution in [0.4, 0.5) is 17.2 Å². The predicted molar refractivity (Wildman–Crippen MR) is 125 cm³/mol. The number of hydrogen-bond donors (Lipinski definition) is 2. The number of rotatable bonds is 7. The van der Waals surface area contributed by atoms with Crippen LogP contribution in [-0.2, 0) is 5.75 Å². The van der Waals surface area contributed by atoms with Gasteiger partial charge in [0.25, 0.3) is 5.91 Å². The molecule has 150 valence electrons. The molecule has 7 heteroatoms. The van der Waals surface area contributed by atoms with Crippen molar-refractivity contribution >= 4 is 46.2 Å². The zero-order valence-corrected chi connectivity index (χ0v) is 18.0. The minimum Gasteiger partial charge on any atom is -0.340 e. The Kier molecular flexibility index (Phi) is 6.41. The molecule has 2 aromatic carbocycles. The van der Waals surface area contributed by atoms with Crippen molar-refractivity contribution in [2.45, 2.75) is 17.6 Å². The van der Waals surface area contributed by atoms with Crippen LogP contribution in [0.25, 0.3) is 0 Å². The van der Waals surface area contributed by atoms with Gasteiger partial charge in [0.05, 0.1) is 28.1 Å². The molecule has 0 unspecified atom stereocenters. The van der Waals surface area contributed by atoms with Gasteiger partial charge in [0.1, 0.15) is 5.82 Å². The second kappa shape index (κ2) is 9.56. The van der Waals surface area contributed by atoms with Gasteiger partial charge in [-0.25, -0.2) is 9.97 Å². The number of nitrogens with zero attached hydrogens (tertiary/aromatic N) is 2.